The zero-order valence-electron chi connectivity index (χ0n) is 11.9. The van der Waals surface area contributed by atoms with Crippen LogP contribution in [0.2, 0.25) is 0 Å². The second kappa shape index (κ2) is 6.96. The Labute approximate surface area is 134 Å². The van der Waals surface area contributed by atoms with Crippen LogP contribution in [0.4, 0.5) is 0 Å². The van der Waals surface area contributed by atoms with Crippen molar-refractivity contribution < 1.29 is 20.1 Å². The van der Waals surface area contributed by atoms with Gasteiger partial charge in [-0.05, 0) is 6.08 Å². The average molecular weight is 338 g/mol. The van der Waals surface area contributed by atoms with E-state index in [1.807, 2.05) is 19.9 Å². The predicted molar refractivity (Wildman–Crippen MR) is 81.2 cm³/mol. The number of hydrogen-bond acceptors (Lipinski definition) is 5. The van der Waals surface area contributed by atoms with E-state index in [0.29, 0.717) is 10.1 Å². The topological polar surface area (TPSA) is 82.0 Å². The van der Waals surface area contributed by atoms with E-state index in [1.54, 1.807) is 6.08 Å². The van der Waals surface area contributed by atoms with Gasteiger partial charge in [0, 0.05) is 23.0 Å². The molecule has 0 saturated carbocycles. The molecule has 21 heavy (non-hydrogen) atoms. The number of hydrogen-bond donors (Lipinski definition) is 4. The van der Waals surface area contributed by atoms with Crippen LogP contribution in [0, 0.1) is 5.92 Å². The fourth-order valence-electron chi connectivity index (χ4n) is 2.82. The van der Waals surface area contributed by atoms with Gasteiger partial charge in [-0.3, -0.25) is 0 Å². The predicted octanol–water partition coefficient (Wildman–Crippen LogP) is 0.710. The molecule has 0 spiro atoms. The summed E-state index contributed by atoms with van der Waals surface area (Å²) < 4.78 is 5.60. The molecule has 0 aromatic carbocycles. The first kappa shape index (κ1) is 17.2. The van der Waals surface area contributed by atoms with Gasteiger partial charge in [-0.25, -0.2) is 0 Å². The second-order valence-corrected chi connectivity index (χ2v) is 6.55. The van der Waals surface area contributed by atoms with E-state index in [-0.39, 0.29) is 18.7 Å². The second-order valence-electron chi connectivity index (χ2n) is 5.73. The Bertz CT molecular complexity index is 441. The number of aliphatic hydroxyl groups excluding tert-OH is 3. The maximum atomic E-state index is 10.2. The van der Waals surface area contributed by atoms with E-state index < -0.39 is 30.3 Å². The minimum absolute atomic E-state index is 0.177. The molecule has 0 bridgehead atoms. The van der Waals surface area contributed by atoms with Crippen LogP contribution in [-0.2, 0) is 4.74 Å². The molecule has 4 N–H and O–H groups in total. The summed E-state index contributed by atoms with van der Waals surface area (Å²) >= 11 is 12.4. The Balaban J connectivity index is 2.27. The minimum atomic E-state index is -1.14. The number of ether oxygens (including phenoxy) is 1. The van der Waals surface area contributed by atoms with Gasteiger partial charge in [-0.2, -0.15) is 0 Å². The maximum absolute atomic E-state index is 10.2. The van der Waals surface area contributed by atoms with Crippen LogP contribution in [-0.4, -0.2) is 58.4 Å². The van der Waals surface area contributed by atoms with Gasteiger partial charge in [0.2, 0.25) is 0 Å². The van der Waals surface area contributed by atoms with E-state index in [2.05, 4.69) is 5.32 Å². The normalized spacial score (nSPS) is 40.4. The Morgan fingerprint density at radius 1 is 1.29 bits per heavy atom. The quantitative estimate of drug-likeness (QED) is 0.607. The monoisotopic (exact) mass is 337 g/mol. The Hall–Kier alpha value is -0.140. The summed E-state index contributed by atoms with van der Waals surface area (Å²) in [5.74, 6) is -0.423. The zero-order valence-corrected chi connectivity index (χ0v) is 13.4. The summed E-state index contributed by atoms with van der Waals surface area (Å²) in [6.45, 7) is 3.63. The molecule has 0 amide bonds. The zero-order chi connectivity index (χ0) is 15.7. The van der Waals surface area contributed by atoms with Gasteiger partial charge in [0.1, 0.15) is 18.3 Å². The molecule has 1 fully saturated rings. The molecular formula is C14H21Cl2NO4. The van der Waals surface area contributed by atoms with Gasteiger partial charge in [0.05, 0.1) is 17.7 Å². The third-order valence-corrected chi connectivity index (χ3v) is 4.70. The molecule has 0 aromatic rings. The summed E-state index contributed by atoms with van der Waals surface area (Å²) in [5.41, 5.74) is 0. The van der Waals surface area contributed by atoms with Gasteiger partial charge in [0.25, 0.3) is 0 Å². The molecule has 1 saturated heterocycles. The van der Waals surface area contributed by atoms with Crippen molar-refractivity contribution in [3.8, 4) is 0 Å². The first-order chi connectivity index (χ1) is 9.86. The van der Waals surface area contributed by atoms with Crippen LogP contribution in [0.25, 0.3) is 0 Å². The molecule has 1 heterocycles. The van der Waals surface area contributed by atoms with E-state index >= 15 is 0 Å². The first-order valence-electron chi connectivity index (χ1n) is 6.98. The molecule has 0 radical (unpaired) electrons. The smallest absolute Gasteiger partial charge is 0.111 e. The van der Waals surface area contributed by atoms with E-state index in [1.165, 1.54) is 0 Å². The third-order valence-electron chi connectivity index (χ3n) is 3.82. The van der Waals surface area contributed by atoms with Crippen molar-refractivity contribution in [2.45, 2.75) is 50.3 Å². The van der Waals surface area contributed by atoms with Crippen molar-refractivity contribution >= 4 is 23.2 Å². The Morgan fingerprint density at radius 3 is 2.48 bits per heavy atom. The van der Waals surface area contributed by atoms with Crippen LogP contribution in [0.3, 0.4) is 0 Å². The van der Waals surface area contributed by atoms with Crippen molar-refractivity contribution in [1.82, 2.24) is 5.32 Å². The fourth-order valence-corrected chi connectivity index (χ4v) is 3.34. The SMILES string of the molecule is CC(C)NC1C=CC(Cl)=C(Cl)C1[C@H]1O[C@@H](CO)[C@H](O)[C@@H]1O. The molecule has 6 atom stereocenters. The number of aliphatic hydroxyl groups is 3. The number of rotatable bonds is 4. The molecule has 120 valence electrons. The van der Waals surface area contributed by atoms with Gasteiger partial charge in [0.15, 0.2) is 0 Å². The lowest BCUT2D eigenvalue weighted by atomic mass is 9.86. The van der Waals surface area contributed by atoms with Crippen molar-refractivity contribution in [2.24, 2.45) is 5.92 Å². The number of allylic oxidation sites excluding steroid dienone is 2. The standard InChI is InChI=1S/C14H21Cl2NO4/c1-6(2)17-8-4-3-7(15)11(16)10(8)14-13(20)12(19)9(5-18)21-14/h3-4,6,8-10,12-14,17-20H,5H2,1-2H3/t8?,9-,10?,12-,13-,14+/m0/s1. The molecule has 1 aliphatic carbocycles. The highest BCUT2D eigenvalue weighted by Crippen LogP contribution is 2.39. The van der Waals surface area contributed by atoms with Crippen LogP contribution >= 0.6 is 23.2 Å². The average Bonchev–Trinajstić information content (AvgIpc) is 2.70. The largest absolute Gasteiger partial charge is 0.394 e. The Morgan fingerprint density at radius 2 is 1.95 bits per heavy atom. The highest BCUT2D eigenvalue weighted by molar-refractivity contribution is 6.40. The first-order valence-corrected chi connectivity index (χ1v) is 7.74. The molecule has 2 rings (SSSR count). The van der Waals surface area contributed by atoms with E-state index in [9.17, 15) is 15.3 Å². The lowest BCUT2D eigenvalue weighted by Gasteiger charge is -2.35. The summed E-state index contributed by atoms with van der Waals surface area (Å²) in [6.07, 6.45) is -0.254. The van der Waals surface area contributed by atoms with Crippen LogP contribution in [0.15, 0.2) is 22.2 Å². The fraction of sp³-hybridized carbons (Fsp3) is 0.714. The van der Waals surface area contributed by atoms with Crippen LogP contribution in [0.5, 0.6) is 0 Å². The molecule has 1 aliphatic heterocycles. The highest BCUT2D eigenvalue weighted by atomic mass is 35.5. The molecule has 0 aromatic heterocycles. The van der Waals surface area contributed by atoms with Gasteiger partial charge in [-0.15, -0.1) is 0 Å². The van der Waals surface area contributed by atoms with Crippen molar-refractivity contribution in [3.63, 3.8) is 0 Å². The molecule has 2 aliphatic rings. The van der Waals surface area contributed by atoms with Crippen molar-refractivity contribution in [2.75, 3.05) is 6.61 Å². The Kier molecular flexibility index (Phi) is 5.71. The highest BCUT2D eigenvalue weighted by Gasteiger charge is 2.49. The summed E-state index contributed by atoms with van der Waals surface area (Å²) in [7, 11) is 0. The lowest BCUT2D eigenvalue weighted by Crippen LogP contribution is -2.48. The molecule has 7 heteroatoms. The summed E-state index contributed by atoms with van der Waals surface area (Å²) in [5, 5.41) is 33.4. The summed E-state index contributed by atoms with van der Waals surface area (Å²) in [4.78, 5) is 0. The number of nitrogens with one attached hydrogen (secondary N) is 1. The van der Waals surface area contributed by atoms with Gasteiger partial charge < -0.3 is 25.4 Å². The van der Waals surface area contributed by atoms with Crippen molar-refractivity contribution in [3.05, 3.63) is 22.2 Å². The number of halogens is 2. The van der Waals surface area contributed by atoms with Gasteiger partial charge in [-0.1, -0.05) is 43.1 Å². The van der Waals surface area contributed by atoms with Crippen molar-refractivity contribution in [1.29, 1.82) is 0 Å². The maximum Gasteiger partial charge on any atom is 0.111 e. The van der Waals surface area contributed by atoms with Gasteiger partial charge >= 0.3 is 0 Å². The van der Waals surface area contributed by atoms with E-state index in [4.69, 9.17) is 27.9 Å². The van der Waals surface area contributed by atoms with Crippen LogP contribution < -0.4 is 5.32 Å². The molecule has 5 nitrogen and oxygen atoms in total. The van der Waals surface area contributed by atoms with Crippen LogP contribution in [0.1, 0.15) is 13.8 Å². The minimum Gasteiger partial charge on any atom is -0.394 e. The third kappa shape index (κ3) is 3.45. The lowest BCUT2D eigenvalue weighted by molar-refractivity contribution is -0.0397. The van der Waals surface area contributed by atoms with E-state index in [0.717, 1.165) is 0 Å². The molecule has 2 unspecified atom stereocenters. The molecular weight excluding hydrogens is 317 g/mol. The summed E-state index contributed by atoms with van der Waals surface area (Å²) in [6, 6.07) is 0.0184.